The van der Waals surface area contributed by atoms with E-state index in [9.17, 15) is 19.7 Å². The lowest BCUT2D eigenvalue weighted by molar-refractivity contribution is -0.207. The van der Waals surface area contributed by atoms with Gasteiger partial charge in [-0.15, -0.1) is 6.58 Å². The van der Waals surface area contributed by atoms with E-state index in [4.69, 9.17) is 14.1 Å². The molecule has 2 bridgehead atoms. The fourth-order valence-electron chi connectivity index (χ4n) is 7.99. The molecule has 0 aromatic carbocycles. The van der Waals surface area contributed by atoms with E-state index in [-0.39, 0.29) is 48.0 Å². The van der Waals surface area contributed by atoms with Gasteiger partial charge in [0.05, 0.1) is 12.7 Å². The van der Waals surface area contributed by atoms with Crippen LogP contribution in [0.3, 0.4) is 0 Å². The van der Waals surface area contributed by atoms with Crippen molar-refractivity contribution in [3.63, 3.8) is 0 Å². The standard InChI is InChI=1S/C28H38BNO7/c1-6-26(4)12-21(37-23(32)15-35-22-11-19-18(13-30-22)14-36-29(19)34)27(5)16(2)7-9-28(17(3)25(26)33)10-8-20(31)24(27)28/h6,11,13,16-17,21,24-25,33-34H,1,7-10,12,14-15H2,2-5H3/t16-,17-,21+,24-,25-,26+,27-,28-/m0/s1. The minimum absolute atomic E-state index is 0.0797. The number of carbonyl (C=O) groups is 2. The normalized spacial score (nSPS) is 40.9. The van der Waals surface area contributed by atoms with Crippen LogP contribution in [0, 0.1) is 34.0 Å². The summed E-state index contributed by atoms with van der Waals surface area (Å²) < 4.78 is 17.0. The maximum absolute atomic E-state index is 13.5. The maximum Gasteiger partial charge on any atom is 0.492 e. The molecule has 0 saturated heterocycles. The van der Waals surface area contributed by atoms with E-state index in [2.05, 4.69) is 32.3 Å². The number of carbonyl (C=O) groups excluding carboxylic acids is 2. The summed E-state index contributed by atoms with van der Waals surface area (Å²) in [6.45, 7) is 12.3. The SMILES string of the molecule is C=C[C@]1(C)C[C@@H](OC(=O)COc2cc3c(cn2)COB3O)[C@@]2(C)[C@@H]3C(=O)CC[C@@]3(CC[C@@H]2C)[C@@H](C)[C@@H]1O. The Bertz CT molecular complexity index is 1110. The van der Waals surface area contributed by atoms with Gasteiger partial charge < -0.3 is 24.3 Å². The van der Waals surface area contributed by atoms with Gasteiger partial charge in [0.25, 0.3) is 0 Å². The second-order valence-electron chi connectivity index (χ2n) is 12.2. The molecular formula is C28H38BNO7. The number of Topliss-reactive ketones (excluding diaryl/α,β-unsaturated/α-hetero) is 1. The van der Waals surface area contributed by atoms with Crippen LogP contribution in [0.15, 0.2) is 24.9 Å². The Hall–Kier alpha value is -2.23. The third-order valence-corrected chi connectivity index (χ3v) is 10.6. The third kappa shape index (κ3) is 3.96. The predicted octanol–water partition coefficient (Wildman–Crippen LogP) is 2.58. The number of ether oxygens (including phenoxy) is 2. The zero-order chi connectivity index (χ0) is 26.8. The molecule has 3 aliphatic carbocycles. The van der Waals surface area contributed by atoms with Crippen molar-refractivity contribution in [1.29, 1.82) is 0 Å². The number of pyridine rings is 1. The molecule has 8 atom stereocenters. The Labute approximate surface area is 218 Å². The third-order valence-electron chi connectivity index (χ3n) is 10.6. The highest BCUT2D eigenvalue weighted by Crippen LogP contribution is 2.68. The summed E-state index contributed by atoms with van der Waals surface area (Å²) >= 11 is 0. The number of aromatic nitrogens is 1. The lowest BCUT2D eigenvalue weighted by Gasteiger charge is -2.61. The van der Waals surface area contributed by atoms with E-state index < -0.39 is 36.1 Å². The summed E-state index contributed by atoms with van der Waals surface area (Å²) in [6.07, 6.45) is 5.46. The molecule has 1 aromatic rings. The molecule has 2 heterocycles. The number of hydrogen-bond acceptors (Lipinski definition) is 8. The Kier molecular flexibility index (Phi) is 6.57. The van der Waals surface area contributed by atoms with Crippen LogP contribution >= 0.6 is 0 Å². The molecule has 9 heteroatoms. The Morgan fingerprint density at radius 1 is 1.35 bits per heavy atom. The van der Waals surface area contributed by atoms with Gasteiger partial charge in [-0.3, -0.25) is 4.79 Å². The number of fused-ring (bicyclic) bond motifs is 1. The lowest BCUT2D eigenvalue weighted by Crippen LogP contribution is -2.63. The van der Waals surface area contributed by atoms with Crippen LogP contribution in [0.25, 0.3) is 0 Å². The lowest BCUT2D eigenvalue weighted by atomic mass is 9.44. The highest BCUT2D eigenvalue weighted by molar-refractivity contribution is 6.61. The molecule has 0 unspecified atom stereocenters. The molecule has 1 aliphatic heterocycles. The number of aliphatic hydroxyl groups excluding tert-OH is 1. The fraction of sp³-hybridized carbons (Fsp3) is 0.679. The molecule has 1 aromatic heterocycles. The van der Waals surface area contributed by atoms with Gasteiger partial charge in [0.2, 0.25) is 5.88 Å². The highest BCUT2D eigenvalue weighted by Gasteiger charge is 2.68. The van der Waals surface area contributed by atoms with Crippen molar-refractivity contribution in [2.24, 2.45) is 34.0 Å². The van der Waals surface area contributed by atoms with Gasteiger partial charge in [-0.05, 0) is 54.0 Å². The first-order valence-electron chi connectivity index (χ1n) is 13.4. The first-order valence-corrected chi connectivity index (χ1v) is 13.4. The topological polar surface area (TPSA) is 115 Å². The van der Waals surface area contributed by atoms with Crippen molar-refractivity contribution in [3.8, 4) is 5.88 Å². The monoisotopic (exact) mass is 511 g/mol. The molecule has 3 fully saturated rings. The van der Waals surface area contributed by atoms with Gasteiger partial charge >= 0.3 is 13.1 Å². The molecule has 0 amide bonds. The molecule has 200 valence electrons. The van der Waals surface area contributed by atoms with Crippen LogP contribution in [0.4, 0.5) is 0 Å². The van der Waals surface area contributed by atoms with Gasteiger partial charge in [0.15, 0.2) is 6.61 Å². The molecule has 37 heavy (non-hydrogen) atoms. The number of aliphatic hydroxyl groups is 1. The van der Waals surface area contributed by atoms with Crippen molar-refractivity contribution in [1.82, 2.24) is 4.98 Å². The van der Waals surface area contributed by atoms with Gasteiger partial charge in [-0.25, -0.2) is 9.78 Å². The van der Waals surface area contributed by atoms with Crippen molar-refractivity contribution in [2.75, 3.05) is 6.61 Å². The van der Waals surface area contributed by atoms with Crippen LogP contribution in [0.5, 0.6) is 5.88 Å². The summed E-state index contributed by atoms with van der Waals surface area (Å²) in [5.74, 6) is -0.349. The van der Waals surface area contributed by atoms with Gasteiger partial charge in [-0.2, -0.15) is 0 Å². The van der Waals surface area contributed by atoms with E-state index in [1.165, 1.54) is 0 Å². The van der Waals surface area contributed by atoms with Crippen molar-refractivity contribution in [2.45, 2.75) is 78.6 Å². The van der Waals surface area contributed by atoms with Crippen molar-refractivity contribution >= 4 is 24.3 Å². The maximum atomic E-state index is 13.5. The van der Waals surface area contributed by atoms with Gasteiger partial charge in [0, 0.05) is 35.4 Å². The van der Waals surface area contributed by atoms with Gasteiger partial charge in [-0.1, -0.05) is 33.8 Å². The molecule has 4 aliphatic rings. The zero-order valence-corrected chi connectivity index (χ0v) is 22.2. The average molecular weight is 511 g/mol. The second-order valence-corrected chi connectivity index (χ2v) is 12.2. The van der Waals surface area contributed by atoms with E-state index >= 15 is 0 Å². The minimum Gasteiger partial charge on any atom is -0.466 e. The van der Waals surface area contributed by atoms with Crippen molar-refractivity contribution in [3.05, 3.63) is 30.5 Å². The van der Waals surface area contributed by atoms with E-state index in [1.807, 2.05) is 6.92 Å². The summed E-state index contributed by atoms with van der Waals surface area (Å²) in [5, 5.41) is 21.5. The predicted molar refractivity (Wildman–Crippen MR) is 137 cm³/mol. The molecule has 2 N–H and O–H groups in total. The molecule has 3 saturated carbocycles. The first kappa shape index (κ1) is 26.4. The molecule has 0 radical (unpaired) electrons. The molecule has 8 nitrogen and oxygen atoms in total. The Balaban J connectivity index is 1.43. The smallest absolute Gasteiger partial charge is 0.466 e. The highest BCUT2D eigenvalue weighted by atomic mass is 16.6. The Morgan fingerprint density at radius 3 is 2.84 bits per heavy atom. The van der Waals surface area contributed by atoms with Crippen LogP contribution in [0.2, 0.25) is 0 Å². The van der Waals surface area contributed by atoms with Crippen molar-refractivity contribution < 1.29 is 33.8 Å². The quantitative estimate of drug-likeness (QED) is 0.352. The van der Waals surface area contributed by atoms with E-state index in [0.29, 0.717) is 18.3 Å². The number of esters is 1. The second kappa shape index (κ2) is 9.21. The van der Waals surface area contributed by atoms with Crippen LogP contribution < -0.4 is 10.2 Å². The number of rotatable bonds is 5. The summed E-state index contributed by atoms with van der Waals surface area (Å²) in [7, 11) is -1.04. The largest absolute Gasteiger partial charge is 0.492 e. The summed E-state index contributed by atoms with van der Waals surface area (Å²) in [6, 6.07) is 1.57. The number of ketones is 1. The first-order chi connectivity index (χ1) is 17.5. The average Bonchev–Trinajstić information content (AvgIpc) is 3.43. The summed E-state index contributed by atoms with van der Waals surface area (Å²) in [5.41, 5.74) is -0.237. The fourth-order valence-corrected chi connectivity index (χ4v) is 7.99. The molecular weight excluding hydrogens is 473 g/mol. The van der Waals surface area contributed by atoms with E-state index in [1.54, 1.807) is 18.3 Å². The van der Waals surface area contributed by atoms with Crippen LogP contribution in [-0.4, -0.2) is 52.8 Å². The molecule has 0 spiro atoms. The van der Waals surface area contributed by atoms with Gasteiger partial charge in [0.1, 0.15) is 11.9 Å². The van der Waals surface area contributed by atoms with Crippen LogP contribution in [-0.2, 0) is 25.6 Å². The molecule has 5 rings (SSSR count). The number of hydrogen-bond donors (Lipinski definition) is 2. The minimum atomic E-state index is -1.04. The number of nitrogens with zero attached hydrogens (tertiary/aromatic N) is 1. The van der Waals surface area contributed by atoms with Crippen LogP contribution in [0.1, 0.15) is 65.4 Å². The van der Waals surface area contributed by atoms with E-state index in [0.717, 1.165) is 24.8 Å². The zero-order valence-electron chi connectivity index (χ0n) is 22.2. The summed E-state index contributed by atoms with van der Waals surface area (Å²) in [4.78, 5) is 30.9. The Morgan fingerprint density at radius 2 is 2.11 bits per heavy atom.